The molecule has 108 valence electrons. The molecular weight excluding hydrogens is 251 g/mol. The normalized spacial score (nSPS) is 13.8. The van der Waals surface area contributed by atoms with E-state index in [1.54, 1.807) is 12.1 Å². The standard InChI is InChI=1S/C15H22F3N/c1-4-11(5-2)14(19-6-3)12-7-9-13(10-8-12)15(16,17)18/h7-11,14,19H,4-6H2,1-3H3. The summed E-state index contributed by atoms with van der Waals surface area (Å²) in [6.45, 7) is 7.05. The molecule has 0 aromatic heterocycles. The van der Waals surface area contributed by atoms with Crippen molar-refractivity contribution in [1.29, 1.82) is 0 Å². The van der Waals surface area contributed by atoms with Gasteiger partial charge in [-0.15, -0.1) is 0 Å². The van der Waals surface area contributed by atoms with E-state index in [0.29, 0.717) is 5.92 Å². The zero-order chi connectivity index (χ0) is 14.5. The first-order chi connectivity index (χ1) is 8.93. The molecule has 1 aromatic carbocycles. The van der Waals surface area contributed by atoms with E-state index in [4.69, 9.17) is 0 Å². The van der Waals surface area contributed by atoms with Crippen molar-refractivity contribution in [2.75, 3.05) is 6.54 Å². The van der Waals surface area contributed by atoms with Gasteiger partial charge in [-0.25, -0.2) is 0 Å². The van der Waals surface area contributed by atoms with Crippen LogP contribution >= 0.6 is 0 Å². The Bertz CT molecular complexity index is 366. The fourth-order valence-corrected chi connectivity index (χ4v) is 2.42. The van der Waals surface area contributed by atoms with Gasteiger partial charge in [0.25, 0.3) is 0 Å². The molecule has 0 radical (unpaired) electrons. The highest BCUT2D eigenvalue weighted by Crippen LogP contribution is 2.32. The molecule has 0 saturated carbocycles. The van der Waals surface area contributed by atoms with Crippen LogP contribution in [0, 0.1) is 5.92 Å². The second-order valence-corrected chi connectivity index (χ2v) is 4.73. The molecule has 4 heteroatoms. The Kier molecular flexibility index (Phi) is 5.85. The van der Waals surface area contributed by atoms with Crippen LogP contribution in [0.5, 0.6) is 0 Å². The SMILES string of the molecule is CCNC(c1ccc(C(F)(F)F)cc1)C(CC)CC. The molecular formula is C15H22F3N. The largest absolute Gasteiger partial charge is 0.416 e. The second-order valence-electron chi connectivity index (χ2n) is 4.73. The van der Waals surface area contributed by atoms with Gasteiger partial charge in [-0.2, -0.15) is 13.2 Å². The molecule has 1 unspecified atom stereocenters. The average molecular weight is 273 g/mol. The summed E-state index contributed by atoms with van der Waals surface area (Å²) in [5, 5.41) is 3.38. The van der Waals surface area contributed by atoms with E-state index in [9.17, 15) is 13.2 Å². The maximum absolute atomic E-state index is 12.5. The van der Waals surface area contributed by atoms with Crippen LogP contribution in [0.25, 0.3) is 0 Å². The van der Waals surface area contributed by atoms with Crippen LogP contribution in [0.4, 0.5) is 13.2 Å². The number of hydrogen-bond donors (Lipinski definition) is 1. The first-order valence-electron chi connectivity index (χ1n) is 6.84. The maximum atomic E-state index is 12.5. The van der Waals surface area contributed by atoms with Crippen molar-refractivity contribution < 1.29 is 13.2 Å². The third-order valence-corrected chi connectivity index (χ3v) is 3.54. The highest BCUT2D eigenvalue weighted by molar-refractivity contribution is 5.27. The monoisotopic (exact) mass is 273 g/mol. The summed E-state index contributed by atoms with van der Waals surface area (Å²) in [7, 11) is 0. The van der Waals surface area contributed by atoms with Gasteiger partial charge in [0.2, 0.25) is 0 Å². The minimum atomic E-state index is -4.26. The molecule has 0 amide bonds. The lowest BCUT2D eigenvalue weighted by Gasteiger charge is -2.27. The second kappa shape index (κ2) is 6.94. The summed E-state index contributed by atoms with van der Waals surface area (Å²) >= 11 is 0. The lowest BCUT2D eigenvalue weighted by molar-refractivity contribution is -0.137. The van der Waals surface area contributed by atoms with Gasteiger partial charge in [0, 0.05) is 6.04 Å². The van der Waals surface area contributed by atoms with E-state index in [-0.39, 0.29) is 6.04 Å². The molecule has 0 saturated heterocycles. The predicted octanol–water partition coefficient (Wildman–Crippen LogP) is 4.79. The van der Waals surface area contributed by atoms with E-state index in [0.717, 1.165) is 24.9 Å². The Morgan fingerprint density at radius 1 is 1.00 bits per heavy atom. The molecule has 1 atom stereocenters. The fourth-order valence-electron chi connectivity index (χ4n) is 2.42. The van der Waals surface area contributed by atoms with E-state index in [1.807, 2.05) is 6.92 Å². The predicted molar refractivity (Wildman–Crippen MR) is 71.9 cm³/mol. The lowest BCUT2D eigenvalue weighted by Crippen LogP contribution is -2.27. The number of rotatable bonds is 6. The quantitative estimate of drug-likeness (QED) is 0.785. The van der Waals surface area contributed by atoms with Gasteiger partial charge in [-0.1, -0.05) is 45.7 Å². The average Bonchev–Trinajstić information content (AvgIpc) is 2.38. The molecule has 1 rings (SSSR count). The van der Waals surface area contributed by atoms with Crippen molar-refractivity contribution in [3.05, 3.63) is 35.4 Å². The minimum absolute atomic E-state index is 0.127. The number of halogens is 3. The van der Waals surface area contributed by atoms with Crippen molar-refractivity contribution in [3.63, 3.8) is 0 Å². The van der Waals surface area contributed by atoms with Crippen LogP contribution in [0.1, 0.15) is 50.8 Å². The Morgan fingerprint density at radius 3 is 1.89 bits per heavy atom. The molecule has 0 aliphatic carbocycles. The van der Waals surface area contributed by atoms with Crippen molar-refractivity contribution in [2.24, 2.45) is 5.92 Å². The van der Waals surface area contributed by atoms with Crippen LogP contribution in [0.15, 0.2) is 24.3 Å². The van der Waals surface area contributed by atoms with Gasteiger partial charge in [0.1, 0.15) is 0 Å². The van der Waals surface area contributed by atoms with E-state index < -0.39 is 11.7 Å². The highest BCUT2D eigenvalue weighted by atomic mass is 19.4. The molecule has 1 N–H and O–H groups in total. The molecule has 0 aliphatic rings. The van der Waals surface area contributed by atoms with Gasteiger partial charge >= 0.3 is 6.18 Å². The Labute approximate surface area is 113 Å². The Hall–Kier alpha value is -1.03. The van der Waals surface area contributed by atoms with Gasteiger partial charge in [-0.05, 0) is 30.2 Å². The molecule has 1 aromatic rings. The Morgan fingerprint density at radius 2 is 1.53 bits per heavy atom. The summed E-state index contributed by atoms with van der Waals surface area (Å²) in [6, 6.07) is 5.65. The molecule has 0 aliphatic heterocycles. The fraction of sp³-hybridized carbons (Fsp3) is 0.600. The number of benzene rings is 1. The van der Waals surface area contributed by atoms with Crippen LogP contribution in [0.3, 0.4) is 0 Å². The molecule has 0 bridgehead atoms. The van der Waals surface area contributed by atoms with E-state index in [2.05, 4.69) is 19.2 Å². The molecule has 0 fully saturated rings. The van der Waals surface area contributed by atoms with Crippen molar-refractivity contribution in [3.8, 4) is 0 Å². The van der Waals surface area contributed by atoms with Gasteiger partial charge < -0.3 is 5.32 Å². The van der Waals surface area contributed by atoms with Crippen LogP contribution in [-0.4, -0.2) is 6.54 Å². The summed E-state index contributed by atoms with van der Waals surface area (Å²) in [5.41, 5.74) is 0.347. The van der Waals surface area contributed by atoms with E-state index >= 15 is 0 Å². The highest BCUT2D eigenvalue weighted by Gasteiger charge is 2.30. The van der Waals surface area contributed by atoms with Crippen LogP contribution in [0.2, 0.25) is 0 Å². The van der Waals surface area contributed by atoms with Gasteiger partial charge in [0.05, 0.1) is 5.56 Å². The molecule has 19 heavy (non-hydrogen) atoms. The molecule has 1 nitrogen and oxygen atoms in total. The third-order valence-electron chi connectivity index (χ3n) is 3.54. The first kappa shape index (κ1) is 16.0. The van der Waals surface area contributed by atoms with E-state index in [1.165, 1.54) is 12.1 Å². The molecule has 0 heterocycles. The first-order valence-corrected chi connectivity index (χ1v) is 6.84. The van der Waals surface area contributed by atoms with Crippen molar-refractivity contribution in [2.45, 2.75) is 45.8 Å². The summed E-state index contributed by atoms with van der Waals surface area (Å²) in [6.07, 6.45) is -2.24. The molecule has 0 spiro atoms. The lowest BCUT2D eigenvalue weighted by atomic mass is 9.88. The zero-order valence-electron chi connectivity index (χ0n) is 11.7. The number of hydrogen-bond acceptors (Lipinski definition) is 1. The smallest absolute Gasteiger partial charge is 0.310 e. The van der Waals surface area contributed by atoms with Crippen molar-refractivity contribution in [1.82, 2.24) is 5.32 Å². The topological polar surface area (TPSA) is 12.0 Å². The Balaban J connectivity index is 2.97. The van der Waals surface area contributed by atoms with Gasteiger partial charge in [-0.3, -0.25) is 0 Å². The minimum Gasteiger partial charge on any atom is -0.310 e. The number of alkyl halides is 3. The van der Waals surface area contributed by atoms with Gasteiger partial charge in [0.15, 0.2) is 0 Å². The zero-order valence-corrected chi connectivity index (χ0v) is 11.7. The summed E-state index contributed by atoms with van der Waals surface area (Å²) < 4.78 is 37.6. The summed E-state index contributed by atoms with van der Waals surface area (Å²) in [4.78, 5) is 0. The summed E-state index contributed by atoms with van der Waals surface area (Å²) in [5.74, 6) is 0.441. The van der Waals surface area contributed by atoms with Crippen molar-refractivity contribution >= 4 is 0 Å². The third kappa shape index (κ3) is 4.23. The number of nitrogens with one attached hydrogen (secondary N) is 1. The van der Waals surface area contributed by atoms with Crippen LogP contribution < -0.4 is 5.32 Å². The maximum Gasteiger partial charge on any atom is 0.416 e. The van der Waals surface area contributed by atoms with Crippen LogP contribution in [-0.2, 0) is 6.18 Å².